The summed E-state index contributed by atoms with van der Waals surface area (Å²) in [6, 6.07) is 17.9. The van der Waals surface area contributed by atoms with Crippen LogP contribution in [0.3, 0.4) is 0 Å². The van der Waals surface area contributed by atoms with Crippen LogP contribution in [0.25, 0.3) is 22.2 Å². The highest BCUT2D eigenvalue weighted by atomic mass is 32.1. The van der Waals surface area contributed by atoms with Crippen molar-refractivity contribution in [2.75, 3.05) is 12.4 Å². The lowest BCUT2D eigenvalue weighted by molar-refractivity contribution is 0.0600. The molecular weight excluding hydrogens is 480 g/mol. The van der Waals surface area contributed by atoms with Crippen LogP contribution in [0.4, 0.5) is 5.00 Å². The van der Waals surface area contributed by atoms with E-state index in [1.165, 1.54) is 28.9 Å². The Morgan fingerprint density at radius 1 is 1.11 bits per heavy atom. The van der Waals surface area contributed by atoms with Gasteiger partial charge < -0.3 is 10.1 Å². The Morgan fingerprint density at radius 2 is 1.89 bits per heavy atom. The number of methoxy groups -OCH3 is 1. The average Bonchev–Trinajstić information content (AvgIpc) is 3.29. The number of aromatic nitrogens is 1. The molecule has 0 bridgehead atoms. The molecule has 5 rings (SSSR count). The van der Waals surface area contributed by atoms with E-state index in [9.17, 15) is 9.59 Å². The Balaban J connectivity index is 1.54. The fraction of sp³-hybridized carbons (Fsp3) is 0.323. The average molecular weight is 513 g/mol. The van der Waals surface area contributed by atoms with Crippen molar-refractivity contribution in [1.29, 1.82) is 0 Å². The number of benzene rings is 2. The van der Waals surface area contributed by atoms with Gasteiger partial charge in [-0.3, -0.25) is 4.79 Å². The van der Waals surface area contributed by atoms with Gasteiger partial charge in [-0.1, -0.05) is 69.2 Å². The van der Waals surface area contributed by atoms with Gasteiger partial charge in [0.25, 0.3) is 5.91 Å². The van der Waals surface area contributed by atoms with Crippen LogP contribution in [-0.2, 0) is 24.0 Å². The number of pyridine rings is 1. The second kappa shape index (κ2) is 10.9. The van der Waals surface area contributed by atoms with Crippen molar-refractivity contribution in [3.05, 3.63) is 81.7 Å². The van der Waals surface area contributed by atoms with E-state index in [1.807, 2.05) is 30.3 Å². The summed E-state index contributed by atoms with van der Waals surface area (Å²) in [6.07, 6.45) is 6.06. The fourth-order valence-electron chi connectivity index (χ4n) is 5.22. The number of nitrogens with zero attached hydrogens (tertiary/aromatic N) is 1. The van der Waals surface area contributed by atoms with E-state index in [4.69, 9.17) is 9.72 Å². The first-order valence-corrected chi connectivity index (χ1v) is 13.9. The Labute approximate surface area is 221 Å². The Hall–Kier alpha value is -3.51. The van der Waals surface area contributed by atoms with Crippen molar-refractivity contribution < 1.29 is 14.3 Å². The molecule has 0 radical (unpaired) electrons. The summed E-state index contributed by atoms with van der Waals surface area (Å²) in [4.78, 5) is 32.6. The second-order valence-corrected chi connectivity index (χ2v) is 10.8. The van der Waals surface area contributed by atoms with Gasteiger partial charge >= 0.3 is 5.97 Å². The van der Waals surface area contributed by atoms with E-state index in [-0.39, 0.29) is 5.91 Å². The number of anilines is 1. The summed E-state index contributed by atoms with van der Waals surface area (Å²) in [5.74, 6) is -0.0379. The normalized spacial score (nSPS) is 14.8. The summed E-state index contributed by atoms with van der Waals surface area (Å²) in [7, 11) is 1.39. The van der Waals surface area contributed by atoms with Gasteiger partial charge in [-0.15, -0.1) is 11.3 Å². The molecule has 1 amide bonds. The lowest BCUT2D eigenvalue weighted by Crippen LogP contribution is -2.17. The SMILES string of the molecule is CCCc1ccc(-c2cc(C(=O)Nc3sc4c(c3C(=O)OC)CC[C@@H](CC)C4)c3ccccc3n2)cc1. The number of carbonyl (C=O) groups excluding carboxylic acids is 2. The van der Waals surface area contributed by atoms with Gasteiger partial charge in [0.05, 0.1) is 29.4 Å². The molecule has 0 spiro atoms. The number of ether oxygens (including phenoxy) is 1. The zero-order valence-corrected chi connectivity index (χ0v) is 22.4. The molecule has 5 nitrogen and oxygen atoms in total. The number of thiophene rings is 1. The van der Waals surface area contributed by atoms with Crippen LogP contribution in [0.15, 0.2) is 54.6 Å². The Kier molecular flexibility index (Phi) is 7.38. The van der Waals surface area contributed by atoms with Gasteiger partial charge in [0.2, 0.25) is 0 Å². The molecule has 0 fully saturated rings. The monoisotopic (exact) mass is 512 g/mol. The number of nitrogens with one attached hydrogen (secondary N) is 1. The highest BCUT2D eigenvalue weighted by Gasteiger charge is 2.30. The zero-order valence-electron chi connectivity index (χ0n) is 21.6. The second-order valence-electron chi connectivity index (χ2n) is 9.69. The van der Waals surface area contributed by atoms with Crippen LogP contribution >= 0.6 is 11.3 Å². The summed E-state index contributed by atoms with van der Waals surface area (Å²) >= 11 is 1.51. The minimum Gasteiger partial charge on any atom is -0.465 e. The fourth-order valence-corrected chi connectivity index (χ4v) is 6.57. The number of aryl methyl sites for hydroxylation is 1. The summed E-state index contributed by atoms with van der Waals surface area (Å²) < 4.78 is 5.12. The minimum atomic E-state index is -0.393. The van der Waals surface area contributed by atoms with E-state index >= 15 is 0 Å². The topological polar surface area (TPSA) is 68.3 Å². The maximum absolute atomic E-state index is 13.8. The van der Waals surface area contributed by atoms with E-state index in [0.29, 0.717) is 22.0 Å². The quantitative estimate of drug-likeness (QED) is 0.261. The molecule has 190 valence electrons. The number of para-hydroxylation sites is 1. The maximum atomic E-state index is 13.8. The minimum absolute atomic E-state index is 0.252. The maximum Gasteiger partial charge on any atom is 0.341 e. The molecule has 37 heavy (non-hydrogen) atoms. The largest absolute Gasteiger partial charge is 0.465 e. The van der Waals surface area contributed by atoms with Crippen molar-refractivity contribution in [2.24, 2.45) is 5.92 Å². The summed E-state index contributed by atoms with van der Waals surface area (Å²) in [5, 5.41) is 4.43. The predicted octanol–water partition coefficient (Wildman–Crippen LogP) is 7.47. The molecule has 2 aromatic heterocycles. The standard InChI is InChI=1S/C31H32N2O3S/c1-4-8-20-11-14-21(15-12-20)26-18-24(22-9-6-7-10-25(22)32-26)29(34)33-30-28(31(35)36-3)23-16-13-19(5-2)17-27(23)37-30/h6-7,9-12,14-15,18-19H,4-5,8,13,16-17H2,1-3H3,(H,33,34)/t19-/m1/s1. The smallest absolute Gasteiger partial charge is 0.341 e. The van der Waals surface area contributed by atoms with Crippen LogP contribution in [0.1, 0.15) is 69.8 Å². The first-order valence-electron chi connectivity index (χ1n) is 13.1. The molecule has 1 aliphatic rings. The number of rotatable bonds is 7. The number of amides is 1. The summed E-state index contributed by atoms with van der Waals surface area (Å²) in [5.41, 5.74) is 5.83. The molecule has 0 aliphatic heterocycles. The Bertz CT molecular complexity index is 1460. The molecule has 1 N–H and O–H groups in total. The lowest BCUT2D eigenvalue weighted by Gasteiger charge is -2.20. The third kappa shape index (κ3) is 5.03. The molecule has 2 aromatic carbocycles. The molecule has 4 aromatic rings. The highest BCUT2D eigenvalue weighted by molar-refractivity contribution is 7.17. The number of hydrogen-bond donors (Lipinski definition) is 1. The number of hydrogen-bond acceptors (Lipinski definition) is 5. The van der Waals surface area contributed by atoms with Crippen LogP contribution in [-0.4, -0.2) is 24.0 Å². The van der Waals surface area contributed by atoms with Crippen molar-refractivity contribution in [3.63, 3.8) is 0 Å². The number of fused-ring (bicyclic) bond motifs is 2. The molecule has 0 unspecified atom stereocenters. The van der Waals surface area contributed by atoms with E-state index in [1.54, 1.807) is 0 Å². The number of carbonyl (C=O) groups is 2. The van der Waals surface area contributed by atoms with Crippen molar-refractivity contribution >= 4 is 39.1 Å². The number of esters is 1. The van der Waals surface area contributed by atoms with E-state index in [0.717, 1.165) is 66.2 Å². The predicted molar refractivity (Wildman–Crippen MR) is 151 cm³/mol. The van der Waals surface area contributed by atoms with Gasteiger partial charge in [-0.25, -0.2) is 9.78 Å². The van der Waals surface area contributed by atoms with Crippen molar-refractivity contribution in [3.8, 4) is 11.3 Å². The molecular formula is C31H32N2O3S. The van der Waals surface area contributed by atoms with Crippen LogP contribution in [0, 0.1) is 5.92 Å². The summed E-state index contributed by atoms with van der Waals surface area (Å²) in [6.45, 7) is 4.37. The lowest BCUT2D eigenvalue weighted by atomic mass is 9.85. The molecule has 6 heteroatoms. The van der Waals surface area contributed by atoms with Gasteiger partial charge in [0.1, 0.15) is 5.00 Å². The van der Waals surface area contributed by atoms with Gasteiger partial charge in [0, 0.05) is 15.8 Å². The van der Waals surface area contributed by atoms with Crippen LogP contribution in [0.2, 0.25) is 0 Å². The van der Waals surface area contributed by atoms with Crippen molar-refractivity contribution in [1.82, 2.24) is 4.98 Å². The molecule has 1 aliphatic carbocycles. The highest BCUT2D eigenvalue weighted by Crippen LogP contribution is 2.41. The van der Waals surface area contributed by atoms with Gasteiger partial charge in [-0.2, -0.15) is 0 Å². The van der Waals surface area contributed by atoms with Gasteiger partial charge in [0.15, 0.2) is 0 Å². The Morgan fingerprint density at radius 3 is 2.62 bits per heavy atom. The van der Waals surface area contributed by atoms with Crippen LogP contribution in [0.5, 0.6) is 0 Å². The molecule has 1 atom stereocenters. The van der Waals surface area contributed by atoms with Gasteiger partial charge in [-0.05, 0) is 54.9 Å². The first kappa shape index (κ1) is 25.2. The van der Waals surface area contributed by atoms with Crippen LogP contribution < -0.4 is 5.32 Å². The van der Waals surface area contributed by atoms with E-state index in [2.05, 4.69) is 43.4 Å². The molecule has 2 heterocycles. The van der Waals surface area contributed by atoms with Crippen molar-refractivity contribution in [2.45, 2.75) is 52.4 Å². The van der Waals surface area contributed by atoms with E-state index < -0.39 is 5.97 Å². The zero-order chi connectivity index (χ0) is 25.9. The third-order valence-electron chi connectivity index (χ3n) is 7.31. The molecule has 0 saturated heterocycles. The first-order chi connectivity index (χ1) is 18.0. The third-order valence-corrected chi connectivity index (χ3v) is 8.48. The molecule has 0 saturated carbocycles.